The van der Waals surface area contributed by atoms with Gasteiger partial charge in [0.1, 0.15) is 17.4 Å². The summed E-state index contributed by atoms with van der Waals surface area (Å²) in [6.45, 7) is 2.33. The third kappa shape index (κ3) is 4.66. The Morgan fingerprint density at radius 3 is 2.70 bits per heavy atom. The lowest BCUT2D eigenvalue weighted by atomic mass is 9.82. The van der Waals surface area contributed by atoms with Crippen LogP contribution in [-0.2, 0) is 9.53 Å². The molecule has 2 atom stereocenters. The van der Waals surface area contributed by atoms with E-state index in [1.54, 1.807) is 11.8 Å². The molecular formula is C23H28F2N4O4. The van der Waals surface area contributed by atoms with Crippen LogP contribution in [0.15, 0.2) is 16.5 Å². The van der Waals surface area contributed by atoms with Crippen LogP contribution in [0, 0.1) is 18.6 Å². The van der Waals surface area contributed by atoms with Crippen LogP contribution in [0.3, 0.4) is 0 Å². The molecule has 0 radical (unpaired) electrons. The molecular weight excluding hydrogens is 434 g/mol. The van der Waals surface area contributed by atoms with Gasteiger partial charge in [0, 0.05) is 31.2 Å². The van der Waals surface area contributed by atoms with Crippen LogP contribution in [-0.4, -0.2) is 59.0 Å². The highest BCUT2D eigenvalue weighted by Crippen LogP contribution is 2.41. The Hall–Kier alpha value is -2.75. The molecule has 8 nitrogen and oxygen atoms in total. The summed E-state index contributed by atoms with van der Waals surface area (Å²) >= 11 is 0. The highest BCUT2D eigenvalue weighted by Gasteiger charge is 2.37. The zero-order valence-electron chi connectivity index (χ0n) is 18.6. The maximum atomic E-state index is 14.7. The van der Waals surface area contributed by atoms with Gasteiger partial charge in [-0.1, -0.05) is 5.10 Å². The SMILES string of the molecule is Cc1nnc(N[C@H]2CCCN3C(=O)COc4cc(F)cc(F)c4C4CCC(CC4)OC[C@@H]23)o1. The number of hydrogen-bond donors (Lipinski definition) is 1. The first kappa shape index (κ1) is 22.1. The van der Waals surface area contributed by atoms with Crippen molar-refractivity contribution in [1.29, 1.82) is 0 Å². The molecule has 2 fully saturated rings. The quantitative estimate of drug-likeness (QED) is 0.730. The first-order valence-corrected chi connectivity index (χ1v) is 11.6. The van der Waals surface area contributed by atoms with E-state index in [2.05, 4.69) is 15.5 Å². The lowest BCUT2D eigenvalue weighted by Crippen LogP contribution is -2.57. The number of anilines is 1. The van der Waals surface area contributed by atoms with E-state index in [0.29, 0.717) is 30.6 Å². The average molecular weight is 462 g/mol. The standard InChI is InChI=1S/C23H28F2N4O4/c1-13-27-28-23(33-13)26-18-3-2-8-29-19(18)11-31-16-6-4-14(5-7-16)22-17(25)9-15(24)10-20(22)32-12-21(29)30/h9-10,14,16,18-19H,2-8,11-12H2,1H3,(H,26,28)/t14?,16?,18-,19-/m0/s1. The Kier molecular flexibility index (Phi) is 6.18. The number of halogens is 2. The van der Waals surface area contributed by atoms with Crippen molar-refractivity contribution in [2.75, 3.05) is 25.1 Å². The Balaban J connectivity index is 1.43. The molecule has 0 unspecified atom stereocenters. The van der Waals surface area contributed by atoms with E-state index in [9.17, 15) is 13.6 Å². The molecule has 2 bridgehead atoms. The maximum Gasteiger partial charge on any atom is 0.315 e. The largest absolute Gasteiger partial charge is 0.483 e. The minimum Gasteiger partial charge on any atom is -0.483 e. The lowest BCUT2D eigenvalue weighted by Gasteiger charge is -2.41. The van der Waals surface area contributed by atoms with Gasteiger partial charge in [0.05, 0.1) is 24.8 Å². The van der Waals surface area contributed by atoms with Crippen molar-refractivity contribution in [2.45, 2.75) is 69.6 Å². The van der Waals surface area contributed by atoms with Gasteiger partial charge in [0.2, 0.25) is 5.89 Å². The van der Waals surface area contributed by atoms with Crippen molar-refractivity contribution in [2.24, 2.45) is 0 Å². The van der Waals surface area contributed by atoms with E-state index in [-0.39, 0.29) is 42.4 Å². The monoisotopic (exact) mass is 462 g/mol. The summed E-state index contributed by atoms with van der Waals surface area (Å²) in [6, 6.07) is 1.99. The number of rotatable bonds is 2. The molecule has 1 aliphatic carbocycles. The summed E-state index contributed by atoms with van der Waals surface area (Å²) in [5.74, 6) is -1.10. The van der Waals surface area contributed by atoms with E-state index in [1.807, 2.05) is 0 Å². The molecule has 1 N–H and O–H groups in total. The predicted octanol–water partition coefficient (Wildman–Crippen LogP) is 3.56. The van der Waals surface area contributed by atoms with Gasteiger partial charge in [0.15, 0.2) is 6.61 Å². The average Bonchev–Trinajstić information content (AvgIpc) is 3.21. The number of aromatic nitrogens is 2. The minimum atomic E-state index is -0.713. The molecule has 4 aliphatic rings. The van der Waals surface area contributed by atoms with Gasteiger partial charge in [-0.15, -0.1) is 5.10 Å². The number of benzene rings is 1. The third-order valence-electron chi connectivity index (χ3n) is 6.93. The number of ether oxygens (including phenoxy) is 2. The van der Waals surface area contributed by atoms with Crippen molar-refractivity contribution >= 4 is 11.9 Å². The summed E-state index contributed by atoms with van der Waals surface area (Å²) in [4.78, 5) is 14.9. The molecule has 1 saturated carbocycles. The maximum absolute atomic E-state index is 14.7. The summed E-state index contributed by atoms with van der Waals surface area (Å²) in [5, 5.41) is 11.1. The molecule has 1 aromatic carbocycles. The number of hydrogen-bond acceptors (Lipinski definition) is 7. The van der Waals surface area contributed by atoms with Gasteiger partial charge in [0.25, 0.3) is 5.91 Å². The van der Waals surface area contributed by atoms with Crippen LogP contribution in [0.2, 0.25) is 0 Å². The lowest BCUT2D eigenvalue weighted by molar-refractivity contribution is -0.140. The van der Waals surface area contributed by atoms with E-state index in [1.165, 1.54) is 6.07 Å². The number of carbonyl (C=O) groups is 1. The Morgan fingerprint density at radius 2 is 1.94 bits per heavy atom. The van der Waals surface area contributed by atoms with Crippen LogP contribution < -0.4 is 10.1 Å². The first-order chi connectivity index (χ1) is 16.0. The van der Waals surface area contributed by atoms with Crippen molar-refractivity contribution in [3.63, 3.8) is 0 Å². The summed E-state index contributed by atoms with van der Waals surface area (Å²) < 4.78 is 46.2. The molecule has 178 valence electrons. The summed E-state index contributed by atoms with van der Waals surface area (Å²) in [5.41, 5.74) is 0.364. The molecule has 1 aromatic heterocycles. The van der Waals surface area contributed by atoms with Crippen molar-refractivity contribution in [3.8, 4) is 5.75 Å². The topological polar surface area (TPSA) is 89.7 Å². The molecule has 10 heteroatoms. The minimum absolute atomic E-state index is 0.0278. The Labute approximate surface area is 190 Å². The number of nitrogens with zero attached hydrogens (tertiary/aromatic N) is 3. The fraction of sp³-hybridized carbons (Fsp3) is 0.609. The normalized spacial score (nSPS) is 28.1. The van der Waals surface area contributed by atoms with Gasteiger partial charge in [-0.25, -0.2) is 8.78 Å². The molecule has 3 aliphatic heterocycles. The van der Waals surface area contributed by atoms with Crippen molar-refractivity contribution in [1.82, 2.24) is 15.1 Å². The van der Waals surface area contributed by atoms with E-state index in [0.717, 1.165) is 44.6 Å². The Morgan fingerprint density at radius 1 is 1.12 bits per heavy atom. The second-order valence-electron chi connectivity index (χ2n) is 9.07. The second-order valence-corrected chi connectivity index (χ2v) is 9.07. The molecule has 6 rings (SSSR count). The van der Waals surface area contributed by atoms with Gasteiger partial charge < -0.3 is 24.1 Å². The van der Waals surface area contributed by atoms with Crippen LogP contribution in [0.5, 0.6) is 5.75 Å². The Bertz CT molecular complexity index is 1010. The second kappa shape index (κ2) is 9.24. The van der Waals surface area contributed by atoms with Gasteiger partial charge in [-0.3, -0.25) is 4.79 Å². The zero-order chi connectivity index (χ0) is 22.9. The van der Waals surface area contributed by atoms with Crippen LogP contribution >= 0.6 is 0 Å². The van der Waals surface area contributed by atoms with Crippen molar-refractivity contribution < 1.29 is 27.5 Å². The fourth-order valence-electron chi connectivity index (χ4n) is 5.31. The fourth-order valence-corrected chi connectivity index (χ4v) is 5.31. The molecule has 33 heavy (non-hydrogen) atoms. The highest BCUT2D eigenvalue weighted by molar-refractivity contribution is 5.78. The summed E-state index contributed by atoms with van der Waals surface area (Å²) in [7, 11) is 0. The van der Waals surface area contributed by atoms with E-state index < -0.39 is 11.6 Å². The molecule has 0 spiro atoms. The van der Waals surface area contributed by atoms with Crippen LogP contribution in [0.25, 0.3) is 0 Å². The zero-order valence-corrected chi connectivity index (χ0v) is 18.6. The molecule has 1 amide bonds. The highest BCUT2D eigenvalue weighted by atomic mass is 19.1. The molecule has 2 aromatic rings. The predicted molar refractivity (Wildman–Crippen MR) is 114 cm³/mol. The smallest absolute Gasteiger partial charge is 0.315 e. The number of nitrogens with one attached hydrogen (secondary N) is 1. The van der Waals surface area contributed by atoms with Crippen LogP contribution in [0.4, 0.5) is 14.8 Å². The van der Waals surface area contributed by atoms with E-state index >= 15 is 0 Å². The number of carbonyl (C=O) groups excluding carboxylic acids is 1. The van der Waals surface area contributed by atoms with Crippen molar-refractivity contribution in [3.05, 3.63) is 35.2 Å². The number of aryl methyl sites for hydroxylation is 1. The van der Waals surface area contributed by atoms with Gasteiger partial charge in [-0.2, -0.15) is 0 Å². The van der Waals surface area contributed by atoms with E-state index in [4.69, 9.17) is 13.9 Å². The van der Waals surface area contributed by atoms with Gasteiger partial charge >= 0.3 is 6.01 Å². The molecule has 1 saturated heterocycles. The molecule has 4 heterocycles. The number of piperidine rings is 1. The van der Waals surface area contributed by atoms with Gasteiger partial charge in [-0.05, 0) is 44.4 Å². The summed E-state index contributed by atoms with van der Waals surface area (Å²) in [6.07, 6.45) is 4.58. The van der Waals surface area contributed by atoms with Crippen LogP contribution in [0.1, 0.15) is 55.9 Å². The number of fused-ring (bicyclic) bond motifs is 5. The third-order valence-corrected chi connectivity index (χ3v) is 6.93. The number of amides is 1. The first-order valence-electron chi connectivity index (χ1n) is 11.6.